The van der Waals surface area contributed by atoms with Crippen LogP contribution in [0.1, 0.15) is 42.7 Å². The lowest BCUT2D eigenvalue weighted by atomic mass is 9.89. The van der Waals surface area contributed by atoms with Gasteiger partial charge in [0.05, 0.1) is 11.2 Å². The molecule has 1 aromatic rings. The average Bonchev–Trinajstić information content (AvgIpc) is 3.29. The molecular formula is C21H25N3O3S2. The number of ether oxygens (including phenoxy) is 1. The highest BCUT2D eigenvalue weighted by Gasteiger charge is 2.42. The Kier molecular flexibility index (Phi) is 5.92. The fourth-order valence-electron chi connectivity index (χ4n) is 4.26. The molecule has 0 aromatic heterocycles. The smallest absolute Gasteiger partial charge is 0.237 e. The number of fused-ring (bicyclic) bond motifs is 1. The lowest BCUT2D eigenvalue weighted by Gasteiger charge is -2.18. The predicted octanol–water partition coefficient (Wildman–Crippen LogP) is 2.81. The largest absolute Gasteiger partial charge is 0.493 e. The topological polar surface area (TPSA) is 105 Å². The van der Waals surface area contributed by atoms with Crippen molar-refractivity contribution in [1.82, 2.24) is 5.32 Å². The van der Waals surface area contributed by atoms with Gasteiger partial charge in [0.15, 0.2) is 5.78 Å². The third kappa shape index (κ3) is 3.92. The highest BCUT2D eigenvalue weighted by Crippen LogP contribution is 2.48. The van der Waals surface area contributed by atoms with E-state index in [1.165, 1.54) is 0 Å². The molecule has 0 radical (unpaired) electrons. The fourth-order valence-corrected chi connectivity index (χ4v) is 6.84. The third-order valence-corrected chi connectivity index (χ3v) is 8.58. The van der Waals surface area contributed by atoms with E-state index in [-0.39, 0.29) is 33.3 Å². The predicted molar refractivity (Wildman–Crippen MR) is 118 cm³/mol. The van der Waals surface area contributed by atoms with Gasteiger partial charge in [-0.25, -0.2) is 0 Å². The summed E-state index contributed by atoms with van der Waals surface area (Å²) in [6, 6.07) is 5.57. The Balaban J connectivity index is 1.38. The highest BCUT2D eigenvalue weighted by atomic mass is 32.2. The van der Waals surface area contributed by atoms with Crippen molar-refractivity contribution in [2.45, 2.75) is 41.4 Å². The monoisotopic (exact) mass is 431 g/mol. The summed E-state index contributed by atoms with van der Waals surface area (Å²) >= 11 is 3.24. The maximum absolute atomic E-state index is 12.9. The molecule has 1 amide bonds. The number of nitrogens with one attached hydrogen (secondary N) is 2. The number of rotatable bonds is 6. The average molecular weight is 432 g/mol. The van der Waals surface area contributed by atoms with E-state index in [0.717, 1.165) is 41.7 Å². The molecule has 1 aliphatic carbocycles. The molecule has 3 unspecified atom stereocenters. The molecule has 1 aromatic carbocycles. The van der Waals surface area contributed by atoms with Gasteiger partial charge in [-0.3, -0.25) is 15.0 Å². The van der Waals surface area contributed by atoms with Gasteiger partial charge in [0.1, 0.15) is 16.8 Å². The van der Waals surface area contributed by atoms with Crippen molar-refractivity contribution in [3.05, 3.63) is 40.5 Å². The number of hydrogen-bond acceptors (Lipinski definition) is 6. The quantitative estimate of drug-likeness (QED) is 0.472. The number of nitrogens with two attached hydrogens (primary N) is 1. The minimum absolute atomic E-state index is 0.00498. The van der Waals surface area contributed by atoms with Crippen LogP contribution in [0.3, 0.4) is 0 Å². The molecule has 4 N–H and O–H groups in total. The van der Waals surface area contributed by atoms with Crippen LogP contribution >= 0.6 is 23.5 Å². The number of amidine groups is 1. The summed E-state index contributed by atoms with van der Waals surface area (Å²) in [5.74, 6) is 1.26. The summed E-state index contributed by atoms with van der Waals surface area (Å²) in [7, 11) is 0. The summed E-state index contributed by atoms with van der Waals surface area (Å²) in [6.45, 7) is 1.12. The Hall–Kier alpha value is -1.93. The van der Waals surface area contributed by atoms with Gasteiger partial charge >= 0.3 is 0 Å². The lowest BCUT2D eigenvalue weighted by Crippen LogP contribution is -2.34. The summed E-state index contributed by atoms with van der Waals surface area (Å²) in [5.41, 5.74) is 9.28. The van der Waals surface area contributed by atoms with Crippen LogP contribution in [0.2, 0.25) is 0 Å². The first-order valence-corrected chi connectivity index (χ1v) is 12.1. The normalized spacial score (nSPS) is 25.4. The zero-order chi connectivity index (χ0) is 20.5. The van der Waals surface area contributed by atoms with Gasteiger partial charge in [-0.2, -0.15) is 0 Å². The number of nitrogen functional groups attached to an aromatic ring is 1. The Labute approximate surface area is 178 Å². The van der Waals surface area contributed by atoms with Gasteiger partial charge < -0.3 is 15.8 Å². The molecule has 0 saturated heterocycles. The van der Waals surface area contributed by atoms with E-state index in [4.69, 9.17) is 15.9 Å². The molecule has 29 heavy (non-hydrogen) atoms. The van der Waals surface area contributed by atoms with Gasteiger partial charge in [0, 0.05) is 35.6 Å². The van der Waals surface area contributed by atoms with Crippen LogP contribution in [0.15, 0.2) is 29.3 Å². The van der Waals surface area contributed by atoms with Crippen molar-refractivity contribution in [1.29, 1.82) is 5.41 Å². The molecule has 8 heteroatoms. The summed E-state index contributed by atoms with van der Waals surface area (Å²) in [5, 5.41) is 10.5. The first-order valence-electron chi connectivity index (χ1n) is 9.82. The van der Waals surface area contributed by atoms with Crippen molar-refractivity contribution < 1.29 is 14.3 Å². The molecule has 0 spiro atoms. The molecular weight excluding hydrogens is 406 g/mol. The maximum Gasteiger partial charge on any atom is 0.237 e. The minimum Gasteiger partial charge on any atom is -0.493 e. The first-order chi connectivity index (χ1) is 14.0. The molecule has 3 atom stereocenters. The first kappa shape index (κ1) is 20.3. The molecule has 154 valence electrons. The molecule has 4 rings (SSSR count). The number of thioether (sulfide) groups is 2. The van der Waals surface area contributed by atoms with Gasteiger partial charge in [0.25, 0.3) is 0 Å². The lowest BCUT2D eigenvalue weighted by molar-refractivity contribution is -0.120. The van der Waals surface area contributed by atoms with Gasteiger partial charge in [-0.15, -0.1) is 23.5 Å². The van der Waals surface area contributed by atoms with Gasteiger partial charge in [0.2, 0.25) is 5.91 Å². The number of ketones is 1. The van der Waals surface area contributed by atoms with Gasteiger partial charge in [-0.1, -0.05) is 0 Å². The number of carbonyl (C=O) groups excluding carboxylic acids is 2. The van der Waals surface area contributed by atoms with E-state index >= 15 is 0 Å². The van der Waals surface area contributed by atoms with E-state index in [0.29, 0.717) is 25.1 Å². The third-order valence-electron chi connectivity index (χ3n) is 5.75. The van der Waals surface area contributed by atoms with Crippen LogP contribution in [0, 0.1) is 5.41 Å². The van der Waals surface area contributed by atoms with E-state index < -0.39 is 0 Å². The number of carbonyl (C=O) groups is 2. The zero-order valence-corrected chi connectivity index (χ0v) is 18.0. The maximum atomic E-state index is 12.9. The second-order valence-corrected chi connectivity index (χ2v) is 10.0. The molecule has 2 aliphatic heterocycles. The van der Waals surface area contributed by atoms with Crippen LogP contribution in [0.25, 0.3) is 0 Å². The molecule has 0 bridgehead atoms. The highest BCUT2D eigenvalue weighted by molar-refractivity contribution is 8.18. The number of hydrogen-bond donors (Lipinski definition) is 3. The second kappa shape index (κ2) is 8.44. The molecule has 2 heterocycles. The van der Waals surface area contributed by atoms with Crippen LogP contribution < -0.4 is 15.8 Å². The summed E-state index contributed by atoms with van der Waals surface area (Å²) in [6.07, 6.45) is 5.05. The Bertz CT molecular complexity index is 899. The Morgan fingerprint density at radius 2 is 2.24 bits per heavy atom. The standard InChI is InChI=1S/C21H25N3O3S2/c1-28-21-17-13(3-2-4-15(17)25)18(29-21)20(26)24-8-7-12-10-27-16-6-5-11(19(22)23)9-14(12)16/h5-6,9,12,18,21H,2-4,7-8,10H2,1H3,(H3,22,23)(H,24,26). The summed E-state index contributed by atoms with van der Waals surface area (Å²) < 4.78 is 5.82. The second-order valence-electron chi connectivity index (χ2n) is 7.55. The van der Waals surface area contributed by atoms with Gasteiger partial charge in [-0.05, 0) is 49.3 Å². The summed E-state index contributed by atoms with van der Waals surface area (Å²) in [4.78, 5) is 25.2. The fraction of sp³-hybridized carbons (Fsp3) is 0.476. The van der Waals surface area contributed by atoms with Crippen LogP contribution in [0.5, 0.6) is 5.75 Å². The zero-order valence-electron chi connectivity index (χ0n) is 16.3. The Morgan fingerprint density at radius 3 is 3.00 bits per heavy atom. The Morgan fingerprint density at radius 1 is 1.41 bits per heavy atom. The molecule has 0 saturated carbocycles. The van der Waals surface area contributed by atoms with Crippen molar-refractivity contribution in [3.8, 4) is 5.75 Å². The van der Waals surface area contributed by atoms with Crippen molar-refractivity contribution in [3.63, 3.8) is 0 Å². The minimum atomic E-state index is -0.247. The van der Waals surface area contributed by atoms with E-state index in [2.05, 4.69) is 5.32 Å². The van der Waals surface area contributed by atoms with Crippen LogP contribution in [0.4, 0.5) is 0 Å². The number of benzene rings is 1. The number of Topliss-reactive ketones (excluding diaryl/α,β-unsaturated/α-hetero) is 1. The van der Waals surface area contributed by atoms with E-state index in [9.17, 15) is 9.59 Å². The van der Waals surface area contributed by atoms with Crippen LogP contribution in [-0.4, -0.2) is 46.8 Å². The molecule has 0 fully saturated rings. The molecule has 6 nitrogen and oxygen atoms in total. The van der Waals surface area contributed by atoms with Crippen molar-refractivity contribution in [2.24, 2.45) is 5.73 Å². The van der Waals surface area contributed by atoms with E-state index in [1.807, 2.05) is 18.4 Å². The SMILES string of the molecule is CSC1SC(C(=O)NCCC2COc3ccc(C(=N)N)cc32)C2=C1C(=O)CCC2. The molecule has 3 aliphatic rings. The van der Waals surface area contributed by atoms with Crippen molar-refractivity contribution in [2.75, 3.05) is 19.4 Å². The van der Waals surface area contributed by atoms with Crippen molar-refractivity contribution >= 4 is 41.0 Å². The number of amides is 1. The van der Waals surface area contributed by atoms with E-state index in [1.54, 1.807) is 29.6 Å². The van der Waals surface area contributed by atoms with Crippen LogP contribution in [-0.2, 0) is 9.59 Å².